The van der Waals surface area contributed by atoms with Crippen molar-refractivity contribution >= 4 is 5.97 Å². The van der Waals surface area contributed by atoms with Gasteiger partial charge in [0.2, 0.25) is 11.6 Å². The van der Waals surface area contributed by atoms with Crippen LogP contribution in [0.5, 0.6) is 17.2 Å². The number of methoxy groups -OCH3 is 3. The van der Waals surface area contributed by atoms with Gasteiger partial charge in [-0.3, -0.25) is 4.79 Å². The molecule has 158 valence electrons. The second kappa shape index (κ2) is 9.78. The summed E-state index contributed by atoms with van der Waals surface area (Å²) in [7, 11) is 4.63. The van der Waals surface area contributed by atoms with Gasteiger partial charge in [-0.25, -0.2) is 0 Å². The molecule has 0 aliphatic heterocycles. The number of ether oxygens (including phenoxy) is 4. The first-order chi connectivity index (χ1) is 14.5. The lowest BCUT2D eigenvalue weighted by molar-refractivity contribution is -0.149. The maximum atomic E-state index is 12.3. The van der Waals surface area contributed by atoms with Crippen molar-refractivity contribution in [3.05, 3.63) is 53.9 Å². The molecule has 3 rings (SSSR count). The number of carbonyl (C=O) groups is 1. The average molecular weight is 412 g/mol. The van der Waals surface area contributed by atoms with Crippen molar-refractivity contribution in [2.45, 2.75) is 25.9 Å². The molecule has 8 nitrogen and oxygen atoms in total. The predicted octanol–water partition coefficient (Wildman–Crippen LogP) is 4.00. The number of rotatable bonds is 9. The number of hydrogen-bond acceptors (Lipinski definition) is 8. The smallest absolute Gasteiger partial charge is 0.306 e. The second-order valence-electron chi connectivity index (χ2n) is 6.48. The molecule has 1 heterocycles. The summed E-state index contributed by atoms with van der Waals surface area (Å²) in [6, 6.07) is 13.0. The zero-order valence-electron chi connectivity index (χ0n) is 17.4. The van der Waals surface area contributed by atoms with Crippen LogP contribution in [0.25, 0.3) is 11.5 Å². The van der Waals surface area contributed by atoms with E-state index in [4.69, 9.17) is 23.4 Å². The SMILES string of the molecule is COc1cc(CCC(=O)O[C@@H](C)c2nnc(-c3ccccc3)o2)cc(OC)c1OC. The summed E-state index contributed by atoms with van der Waals surface area (Å²) in [5.74, 6) is 1.82. The Morgan fingerprint density at radius 2 is 1.67 bits per heavy atom. The van der Waals surface area contributed by atoms with Crippen LogP contribution in [0.4, 0.5) is 0 Å². The molecular weight excluding hydrogens is 388 g/mol. The minimum atomic E-state index is -0.651. The molecule has 0 saturated carbocycles. The maximum absolute atomic E-state index is 12.3. The summed E-state index contributed by atoms with van der Waals surface area (Å²) in [5.41, 5.74) is 1.66. The molecule has 1 aromatic heterocycles. The fraction of sp³-hybridized carbons (Fsp3) is 0.318. The minimum absolute atomic E-state index is 0.169. The number of benzene rings is 2. The van der Waals surface area contributed by atoms with Gasteiger partial charge in [-0.2, -0.15) is 0 Å². The van der Waals surface area contributed by atoms with Crippen LogP contribution in [0.1, 0.15) is 30.9 Å². The van der Waals surface area contributed by atoms with Crippen molar-refractivity contribution in [1.82, 2.24) is 10.2 Å². The molecule has 0 amide bonds. The Morgan fingerprint density at radius 1 is 1.00 bits per heavy atom. The van der Waals surface area contributed by atoms with E-state index in [2.05, 4.69) is 10.2 Å². The normalized spacial score (nSPS) is 11.6. The summed E-state index contributed by atoms with van der Waals surface area (Å²) in [4.78, 5) is 12.3. The third kappa shape index (κ3) is 4.89. The highest BCUT2D eigenvalue weighted by molar-refractivity contribution is 5.70. The number of nitrogens with zero attached hydrogens (tertiary/aromatic N) is 2. The van der Waals surface area contributed by atoms with Crippen LogP contribution in [0.3, 0.4) is 0 Å². The number of hydrogen-bond donors (Lipinski definition) is 0. The van der Waals surface area contributed by atoms with Gasteiger partial charge in [-0.15, -0.1) is 10.2 Å². The molecule has 30 heavy (non-hydrogen) atoms. The van der Waals surface area contributed by atoms with Crippen LogP contribution in [0.2, 0.25) is 0 Å². The Kier molecular flexibility index (Phi) is 6.90. The van der Waals surface area contributed by atoms with E-state index < -0.39 is 6.10 Å². The van der Waals surface area contributed by atoms with Crippen molar-refractivity contribution in [2.24, 2.45) is 0 Å². The topological polar surface area (TPSA) is 92.9 Å². The summed E-state index contributed by atoms with van der Waals surface area (Å²) >= 11 is 0. The van der Waals surface area contributed by atoms with E-state index in [1.54, 1.807) is 28.3 Å². The van der Waals surface area contributed by atoms with Gasteiger partial charge in [0.25, 0.3) is 5.89 Å². The first kappa shape index (κ1) is 21.2. The van der Waals surface area contributed by atoms with Gasteiger partial charge < -0.3 is 23.4 Å². The van der Waals surface area contributed by atoms with Gasteiger partial charge in [0.05, 0.1) is 21.3 Å². The number of carbonyl (C=O) groups excluding carboxylic acids is 1. The van der Waals surface area contributed by atoms with E-state index in [-0.39, 0.29) is 18.3 Å². The van der Waals surface area contributed by atoms with Gasteiger partial charge in [-0.1, -0.05) is 18.2 Å². The van der Waals surface area contributed by atoms with E-state index in [0.717, 1.165) is 11.1 Å². The third-order valence-electron chi connectivity index (χ3n) is 4.46. The van der Waals surface area contributed by atoms with Crippen molar-refractivity contribution in [3.63, 3.8) is 0 Å². The van der Waals surface area contributed by atoms with E-state index in [1.165, 1.54) is 0 Å². The van der Waals surface area contributed by atoms with Gasteiger partial charge in [-0.05, 0) is 43.2 Å². The first-order valence-corrected chi connectivity index (χ1v) is 9.43. The molecule has 0 unspecified atom stereocenters. The average Bonchev–Trinajstić information content (AvgIpc) is 3.28. The molecule has 0 fully saturated rings. The predicted molar refractivity (Wildman–Crippen MR) is 109 cm³/mol. The Morgan fingerprint density at radius 3 is 2.27 bits per heavy atom. The van der Waals surface area contributed by atoms with Crippen molar-refractivity contribution in [3.8, 4) is 28.7 Å². The lowest BCUT2D eigenvalue weighted by atomic mass is 10.1. The van der Waals surface area contributed by atoms with Gasteiger partial charge in [0.1, 0.15) is 0 Å². The zero-order valence-corrected chi connectivity index (χ0v) is 17.4. The fourth-order valence-electron chi connectivity index (χ4n) is 2.93. The van der Waals surface area contributed by atoms with Crippen LogP contribution in [-0.2, 0) is 16.0 Å². The van der Waals surface area contributed by atoms with E-state index in [9.17, 15) is 4.79 Å². The molecule has 3 aromatic rings. The lowest BCUT2D eigenvalue weighted by Crippen LogP contribution is -2.10. The van der Waals surface area contributed by atoms with Gasteiger partial charge in [0.15, 0.2) is 17.6 Å². The van der Waals surface area contributed by atoms with Crippen LogP contribution in [-0.4, -0.2) is 37.5 Å². The molecule has 8 heteroatoms. The number of aromatic nitrogens is 2. The molecular formula is C22H24N2O6. The van der Waals surface area contributed by atoms with Crippen molar-refractivity contribution < 1.29 is 28.2 Å². The number of esters is 1. The first-order valence-electron chi connectivity index (χ1n) is 9.43. The summed E-state index contributed by atoms with van der Waals surface area (Å²) in [5, 5.41) is 8.00. The Balaban J connectivity index is 1.60. The van der Waals surface area contributed by atoms with Crippen LogP contribution < -0.4 is 14.2 Å². The van der Waals surface area contributed by atoms with Crippen LogP contribution >= 0.6 is 0 Å². The third-order valence-corrected chi connectivity index (χ3v) is 4.46. The van der Waals surface area contributed by atoms with Gasteiger partial charge >= 0.3 is 5.97 Å². The molecule has 0 aliphatic rings. The highest BCUT2D eigenvalue weighted by atomic mass is 16.6. The minimum Gasteiger partial charge on any atom is -0.493 e. The summed E-state index contributed by atoms with van der Waals surface area (Å²) in [6.45, 7) is 1.69. The number of aryl methyl sites for hydroxylation is 1. The second-order valence-corrected chi connectivity index (χ2v) is 6.48. The van der Waals surface area contributed by atoms with E-state index in [0.29, 0.717) is 29.6 Å². The molecule has 0 spiro atoms. The van der Waals surface area contributed by atoms with Crippen molar-refractivity contribution in [1.29, 1.82) is 0 Å². The monoisotopic (exact) mass is 412 g/mol. The summed E-state index contributed by atoms with van der Waals surface area (Å²) < 4.78 is 27.1. The van der Waals surface area contributed by atoms with Crippen molar-refractivity contribution in [2.75, 3.05) is 21.3 Å². The van der Waals surface area contributed by atoms with Crippen LogP contribution in [0, 0.1) is 0 Å². The lowest BCUT2D eigenvalue weighted by Gasteiger charge is -2.14. The standard InChI is InChI=1S/C22H24N2O6/c1-14(21-23-24-22(30-21)16-8-6-5-7-9-16)29-19(25)11-10-15-12-17(26-2)20(28-4)18(13-15)27-3/h5-9,12-14H,10-11H2,1-4H3/t14-/m0/s1. The highest BCUT2D eigenvalue weighted by Crippen LogP contribution is 2.38. The molecule has 1 atom stereocenters. The molecule has 0 bridgehead atoms. The largest absolute Gasteiger partial charge is 0.493 e. The van der Waals surface area contributed by atoms with E-state index >= 15 is 0 Å². The molecule has 0 radical (unpaired) electrons. The fourth-order valence-corrected chi connectivity index (χ4v) is 2.93. The Labute approximate surface area is 174 Å². The van der Waals surface area contributed by atoms with Gasteiger partial charge in [0, 0.05) is 12.0 Å². The Hall–Kier alpha value is -3.55. The highest BCUT2D eigenvalue weighted by Gasteiger charge is 2.20. The molecule has 0 N–H and O–H groups in total. The van der Waals surface area contributed by atoms with E-state index in [1.807, 2.05) is 42.5 Å². The maximum Gasteiger partial charge on any atom is 0.306 e. The molecule has 0 saturated heterocycles. The van der Waals surface area contributed by atoms with Crippen LogP contribution in [0.15, 0.2) is 46.9 Å². The Bertz CT molecular complexity index is 961. The molecule has 0 aliphatic carbocycles. The zero-order chi connectivity index (χ0) is 21.5. The summed E-state index contributed by atoms with van der Waals surface area (Å²) in [6.07, 6.45) is -0.0355. The quantitative estimate of drug-likeness (QED) is 0.487. The molecule has 2 aromatic carbocycles.